The number of carbonyl (C=O) groups is 1. The zero-order chi connectivity index (χ0) is 20.2. The van der Waals surface area contributed by atoms with Gasteiger partial charge in [0.25, 0.3) is 5.91 Å². The van der Waals surface area contributed by atoms with E-state index in [9.17, 15) is 14.4 Å². The Hall–Kier alpha value is -3.65. The molecule has 0 saturated carbocycles. The number of hydrogen-bond donors (Lipinski definition) is 0. The van der Waals surface area contributed by atoms with Crippen LogP contribution in [0.5, 0.6) is 0 Å². The van der Waals surface area contributed by atoms with E-state index in [0.717, 1.165) is 16.3 Å². The molecule has 0 radical (unpaired) electrons. The number of nitriles is 1. The molecule has 4 nitrogen and oxygen atoms in total. The van der Waals surface area contributed by atoms with E-state index < -0.39 is 0 Å². The first-order valence-corrected chi connectivity index (χ1v) is 9.55. The Balaban J connectivity index is 1.52. The minimum Gasteiger partial charge on any atom is -0.366 e. The SMILES string of the molecule is N#C/C(=C\c1cccc2ccccc12)C(=O)N1CCN(c2ccccc2F)CC1. The van der Waals surface area contributed by atoms with Crippen molar-refractivity contribution in [2.45, 2.75) is 0 Å². The molecule has 1 aliphatic heterocycles. The molecule has 1 amide bonds. The van der Waals surface area contributed by atoms with Gasteiger partial charge in [-0.1, -0.05) is 54.6 Å². The average Bonchev–Trinajstić information content (AvgIpc) is 2.77. The normalized spacial score (nSPS) is 14.7. The standard InChI is InChI=1S/C24H20FN3O/c25-22-10-3-4-11-23(22)27-12-14-28(15-13-27)24(29)20(17-26)16-19-8-5-7-18-6-1-2-9-21(18)19/h1-11,16H,12-15H2/b20-16+. The molecule has 3 aromatic rings. The molecular formula is C24H20FN3O. The van der Waals surface area contributed by atoms with E-state index in [1.54, 1.807) is 29.2 Å². The summed E-state index contributed by atoms with van der Waals surface area (Å²) in [5.74, 6) is -0.547. The molecule has 1 fully saturated rings. The van der Waals surface area contributed by atoms with Gasteiger partial charge in [-0.05, 0) is 34.5 Å². The van der Waals surface area contributed by atoms with Crippen LogP contribution in [0.1, 0.15) is 5.56 Å². The monoisotopic (exact) mass is 385 g/mol. The van der Waals surface area contributed by atoms with Crippen LogP contribution in [0.4, 0.5) is 10.1 Å². The molecule has 1 heterocycles. The second-order valence-corrected chi connectivity index (χ2v) is 6.97. The molecule has 0 aromatic heterocycles. The van der Waals surface area contributed by atoms with Gasteiger partial charge in [0.05, 0.1) is 5.69 Å². The Morgan fingerprint density at radius 2 is 1.62 bits per heavy atom. The fourth-order valence-electron chi connectivity index (χ4n) is 3.70. The fourth-order valence-corrected chi connectivity index (χ4v) is 3.70. The van der Waals surface area contributed by atoms with E-state index >= 15 is 0 Å². The number of anilines is 1. The smallest absolute Gasteiger partial charge is 0.264 e. The highest BCUT2D eigenvalue weighted by molar-refractivity contribution is 6.04. The summed E-state index contributed by atoms with van der Waals surface area (Å²) in [5, 5.41) is 11.7. The number of amides is 1. The molecule has 0 atom stereocenters. The molecule has 0 N–H and O–H groups in total. The Kier molecular flexibility index (Phi) is 5.26. The van der Waals surface area contributed by atoms with Crippen molar-refractivity contribution in [3.05, 3.63) is 83.7 Å². The summed E-state index contributed by atoms with van der Waals surface area (Å²) in [7, 11) is 0. The van der Waals surface area contributed by atoms with Crippen LogP contribution in [0.3, 0.4) is 0 Å². The molecule has 1 aliphatic rings. The van der Waals surface area contributed by atoms with Gasteiger partial charge in [-0.25, -0.2) is 4.39 Å². The highest BCUT2D eigenvalue weighted by Crippen LogP contribution is 2.23. The van der Waals surface area contributed by atoms with Crippen LogP contribution in [0.2, 0.25) is 0 Å². The summed E-state index contributed by atoms with van der Waals surface area (Å²) in [4.78, 5) is 16.5. The number of halogens is 1. The fraction of sp³-hybridized carbons (Fsp3) is 0.167. The molecule has 29 heavy (non-hydrogen) atoms. The predicted molar refractivity (Wildman–Crippen MR) is 113 cm³/mol. The number of hydrogen-bond acceptors (Lipinski definition) is 3. The van der Waals surface area contributed by atoms with E-state index in [1.807, 2.05) is 47.4 Å². The van der Waals surface area contributed by atoms with Crippen molar-refractivity contribution < 1.29 is 9.18 Å². The number of carbonyl (C=O) groups excluding carboxylic acids is 1. The molecule has 3 aromatic carbocycles. The molecule has 0 spiro atoms. The van der Waals surface area contributed by atoms with Crippen LogP contribution in [0.25, 0.3) is 16.8 Å². The summed E-state index contributed by atoms with van der Waals surface area (Å²) in [5.41, 5.74) is 1.50. The Morgan fingerprint density at radius 3 is 2.38 bits per heavy atom. The molecule has 5 heteroatoms. The molecule has 144 valence electrons. The van der Waals surface area contributed by atoms with Crippen molar-refractivity contribution in [2.24, 2.45) is 0 Å². The lowest BCUT2D eigenvalue weighted by atomic mass is 10.0. The molecule has 0 bridgehead atoms. The van der Waals surface area contributed by atoms with Crippen molar-refractivity contribution in [3.63, 3.8) is 0 Å². The first-order chi connectivity index (χ1) is 14.2. The first-order valence-electron chi connectivity index (χ1n) is 9.55. The van der Waals surface area contributed by atoms with Gasteiger partial charge in [0, 0.05) is 26.2 Å². The zero-order valence-corrected chi connectivity index (χ0v) is 15.9. The lowest BCUT2D eigenvalue weighted by molar-refractivity contribution is -0.126. The molecule has 0 unspecified atom stereocenters. The maximum atomic E-state index is 14.0. The first kappa shape index (κ1) is 18.7. The maximum Gasteiger partial charge on any atom is 0.264 e. The van der Waals surface area contributed by atoms with E-state index in [-0.39, 0.29) is 17.3 Å². The number of nitrogens with zero attached hydrogens (tertiary/aromatic N) is 3. The van der Waals surface area contributed by atoms with Crippen LogP contribution in [0, 0.1) is 17.1 Å². The minimum absolute atomic E-state index is 0.112. The van der Waals surface area contributed by atoms with Gasteiger partial charge in [0.2, 0.25) is 0 Å². The van der Waals surface area contributed by atoms with Crippen molar-refractivity contribution in [1.29, 1.82) is 5.26 Å². The third-order valence-electron chi connectivity index (χ3n) is 5.23. The Labute approximate surface area is 169 Å². The van der Waals surface area contributed by atoms with Gasteiger partial charge in [-0.15, -0.1) is 0 Å². The van der Waals surface area contributed by atoms with Crippen molar-refractivity contribution in [1.82, 2.24) is 4.90 Å². The molecular weight excluding hydrogens is 365 g/mol. The largest absolute Gasteiger partial charge is 0.366 e. The lowest BCUT2D eigenvalue weighted by Crippen LogP contribution is -2.49. The number of para-hydroxylation sites is 1. The number of fused-ring (bicyclic) bond motifs is 1. The van der Waals surface area contributed by atoms with E-state index in [1.165, 1.54) is 6.07 Å². The average molecular weight is 385 g/mol. The van der Waals surface area contributed by atoms with Gasteiger partial charge in [-0.2, -0.15) is 5.26 Å². The zero-order valence-electron chi connectivity index (χ0n) is 15.9. The van der Waals surface area contributed by atoms with Crippen LogP contribution >= 0.6 is 0 Å². The van der Waals surface area contributed by atoms with Crippen LogP contribution in [-0.4, -0.2) is 37.0 Å². The minimum atomic E-state index is -0.284. The highest BCUT2D eigenvalue weighted by Gasteiger charge is 2.25. The van der Waals surface area contributed by atoms with Gasteiger partial charge in [-0.3, -0.25) is 4.79 Å². The molecule has 0 aliphatic carbocycles. The predicted octanol–water partition coefficient (Wildman–Crippen LogP) is 4.23. The summed E-state index contributed by atoms with van der Waals surface area (Å²) < 4.78 is 14.0. The van der Waals surface area contributed by atoms with Crippen molar-refractivity contribution >= 4 is 28.4 Å². The number of piperazine rings is 1. The van der Waals surface area contributed by atoms with Crippen LogP contribution in [-0.2, 0) is 4.79 Å². The number of rotatable bonds is 3. The summed E-state index contributed by atoms with van der Waals surface area (Å²) >= 11 is 0. The van der Waals surface area contributed by atoms with Gasteiger partial charge >= 0.3 is 0 Å². The highest BCUT2D eigenvalue weighted by atomic mass is 19.1. The summed E-state index contributed by atoms with van der Waals surface area (Å²) in [6.45, 7) is 1.95. The lowest BCUT2D eigenvalue weighted by Gasteiger charge is -2.36. The summed E-state index contributed by atoms with van der Waals surface area (Å²) in [6.07, 6.45) is 1.66. The van der Waals surface area contributed by atoms with Crippen molar-refractivity contribution in [2.75, 3.05) is 31.1 Å². The second kappa shape index (κ2) is 8.15. The van der Waals surface area contributed by atoms with Gasteiger partial charge in [0.1, 0.15) is 17.5 Å². The summed E-state index contributed by atoms with van der Waals surface area (Å²) in [6, 6.07) is 22.4. The van der Waals surface area contributed by atoms with E-state index in [4.69, 9.17) is 0 Å². The maximum absolute atomic E-state index is 14.0. The van der Waals surface area contributed by atoms with E-state index in [0.29, 0.717) is 31.9 Å². The second-order valence-electron chi connectivity index (χ2n) is 6.97. The van der Waals surface area contributed by atoms with E-state index in [2.05, 4.69) is 6.07 Å². The van der Waals surface area contributed by atoms with Gasteiger partial charge < -0.3 is 9.80 Å². The quantitative estimate of drug-likeness (QED) is 0.501. The topological polar surface area (TPSA) is 47.3 Å². The van der Waals surface area contributed by atoms with Crippen molar-refractivity contribution in [3.8, 4) is 6.07 Å². The third kappa shape index (κ3) is 3.83. The van der Waals surface area contributed by atoms with Gasteiger partial charge in [0.15, 0.2) is 0 Å². The Morgan fingerprint density at radius 1 is 0.931 bits per heavy atom. The van der Waals surface area contributed by atoms with Crippen LogP contribution in [0.15, 0.2) is 72.3 Å². The number of benzene rings is 3. The third-order valence-corrected chi connectivity index (χ3v) is 5.23. The van der Waals surface area contributed by atoms with Crippen LogP contribution < -0.4 is 4.90 Å². The Bertz CT molecular complexity index is 1120. The molecule has 4 rings (SSSR count). The molecule has 1 saturated heterocycles.